The molecule has 0 aromatic heterocycles. The van der Waals surface area contributed by atoms with Crippen LogP contribution in [0.15, 0.2) is 30.3 Å². The zero-order valence-corrected chi connectivity index (χ0v) is 12.6. The summed E-state index contributed by atoms with van der Waals surface area (Å²) < 4.78 is 0. The number of aldehydes is 1. The maximum atomic E-state index is 12.2. The minimum atomic E-state index is -0.297. The minimum Gasteiger partial charge on any atom is -0.341 e. The first-order valence-corrected chi connectivity index (χ1v) is 7.75. The van der Waals surface area contributed by atoms with E-state index in [4.69, 9.17) is 0 Å². The van der Waals surface area contributed by atoms with E-state index in [1.54, 1.807) is 0 Å². The molecule has 0 aliphatic carbocycles. The molecule has 1 fully saturated rings. The highest BCUT2D eigenvalue weighted by Gasteiger charge is 2.24. The van der Waals surface area contributed by atoms with Gasteiger partial charge in [-0.1, -0.05) is 30.3 Å². The molecule has 1 aliphatic heterocycles. The number of benzene rings is 1. The number of rotatable bonds is 7. The number of nitrogens with zero attached hydrogens (tertiary/aromatic N) is 1. The van der Waals surface area contributed by atoms with E-state index in [2.05, 4.69) is 17.4 Å². The van der Waals surface area contributed by atoms with Gasteiger partial charge in [0, 0.05) is 13.1 Å². The second-order valence-corrected chi connectivity index (χ2v) is 5.69. The van der Waals surface area contributed by atoms with E-state index < -0.39 is 0 Å². The smallest absolute Gasteiger partial charge is 0.239 e. The van der Waals surface area contributed by atoms with Crippen molar-refractivity contribution in [3.8, 4) is 0 Å². The molecule has 0 spiro atoms. The quantitative estimate of drug-likeness (QED) is 0.778. The fourth-order valence-electron chi connectivity index (χ4n) is 2.76. The van der Waals surface area contributed by atoms with Crippen molar-refractivity contribution in [3.05, 3.63) is 35.9 Å². The topological polar surface area (TPSA) is 49.4 Å². The van der Waals surface area contributed by atoms with Gasteiger partial charge in [0.05, 0.1) is 12.1 Å². The van der Waals surface area contributed by atoms with E-state index in [1.165, 1.54) is 5.56 Å². The van der Waals surface area contributed by atoms with Crippen LogP contribution in [0, 0.1) is 0 Å². The molecule has 21 heavy (non-hydrogen) atoms. The molecule has 2 atom stereocenters. The molecule has 1 aliphatic rings. The first-order chi connectivity index (χ1) is 10.2. The van der Waals surface area contributed by atoms with Crippen molar-refractivity contribution in [3.63, 3.8) is 0 Å². The molecule has 0 saturated carbocycles. The van der Waals surface area contributed by atoms with Gasteiger partial charge >= 0.3 is 0 Å². The third-order valence-electron chi connectivity index (χ3n) is 4.00. The van der Waals surface area contributed by atoms with Crippen molar-refractivity contribution in [1.82, 2.24) is 10.2 Å². The van der Waals surface area contributed by atoms with Gasteiger partial charge < -0.3 is 9.69 Å². The number of hydrogen-bond acceptors (Lipinski definition) is 3. The molecule has 1 amide bonds. The molecule has 1 N–H and O–H groups in total. The third-order valence-corrected chi connectivity index (χ3v) is 4.00. The number of nitrogens with one attached hydrogen (secondary N) is 1. The Morgan fingerprint density at radius 1 is 1.29 bits per heavy atom. The molecule has 1 aromatic rings. The molecule has 114 valence electrons. The molecule has 2 rings (SSSR count). The Kier molecular flexibility index (Phi) is 5.93. The number of amides is 1. The molecule has 1 heterocycles. The Balaban J connectivity index is 1.80. The lowest BCUT2D eigenvalue weighted by Gasteiger charge is -2.23. The molecular formula is C17H24N2O2. The van der Waals surface area contributed by atoms with Crippen LogP contribution in [0.1, 0.15) is 31.7 Å². The first-order valence-electron chi connectivity index (χ1n) is 7.75. The zero-order valence-electron chi connectivity index (χ0n) is 12.6. The van der Waals surface area contributed by atoms with Crippen LogP contribution in [-0.4, -0.2) is 42.3 Å². The maximum absolute atomic E-state index is 12.2. The lowest BCUT2D eigenvalue weighted by atomic mass is 10.1. The summed E-state index contributed by atoms with van der Waals surface area (Å²) in [4.78, 5) is 25.3. The standard InChI is InChI=1S/C17H24N2O2/c1-14(17(21)19-11-5-6-12-19)18-16(13-20)10-9-15-7-3-2-4-8-15/h2-4,7-8,13-14,16,18H,5-6,9-12H2,1H3/t14-,16-/m0/s1. The van der Waals surface area contributed by atoms with Gasteiger partial charge in [0.15, 0.2) is 0 Å². The van der Waals surface area contributed by atoms with Gasteiger partial charge in [0.2, 0.25) is 5.91 Å². The summed E-state index contributed by atoms with van der Waals surface area (Å²) in [5, 5.41) is 3.15. The molecule has 4 heteroatoms. The molecule has 4 nitrogen and oxygen atoms in total. The van der Waals surface area contributed by atoms with Crippen LogP contribution in [0.2, 0.25) is 0 Å². The minimum absolute atomic E-state index is 0.110. The lowest BCUT2D eigenvalue weighted by molar-refractivity contribution is -0.132. The summed E-state index contributed by atoms with van der Waals surface area (Å²) in [5.41, 5.74) is 1.21. The normalized spacial score (nSPS) is 17.5. The average molecular weight is 288 g/mol. The van der Waals surface area contributed by atoms with Crippen molar-refractivity contribution in [2.24, 2.45) is 0 Å². The van der Waals surface area contributed by atoms with Gasteiger partial charge in [-0.25, -0.2) is 0 Å². The highest BCUT2D eigenvalue weighted by molar-refractivity contribution is 5.82. The van der Waals surface area contributed by atoms with Crippen molar-refractivity contribution in [2.45, 2.75) is 44.7 Å². The fourth-order valence-corrected chi connectivity index (χ4v) is 2.76. The Hall–Kier alpha value is -1.68. The Morgan fingerprint density at radius 3 is 2.57 bits per heavy atom. The highest BCUT2D eigenvalue weighted by Crippen LogP contribution is 2.10. The van der Waals surface area contributed by atoms with E-state index in [0.29, 0.717) is 6.42 Å². The molecule has 1 saturated heterocycles. The van der Waals surface area contributed by atoms with Crippen LogP contribution in [0.3, 0.4) is 0 Å². The fraction of sp³-hybridized carbons (Fsp3) is 0.529. The second-order valence-electron chi connectivity index (χ2n) is 5.69. The van der Waals surface area contributed by atoms with Crippen LogP contribution in [0.4, 0.5) is 0 Å². The second kappa shape index (κ2) is 7.93. The van der Waals surface area contributed by atoms with Crippen LogP contribution in [-0.2, 0) is 16.0 Å². The molecular weight excluding hydrogens is 264 g/mol. The van der Waals surface area contributed by atoms with Crippen LogP contribution < -0.4 is 5.32 Å². The van der Waals surface area contributed by atoms with Gasteiger partial charge in [-0.15, -0.1) is 0 Å². The van der Waals surface area contributed by atoms with Crippen LogP contribution in [0.25, 0.3) is 0 Å². The lowest BCUT2D eigenvalue weighted by Crippen LogP contribution is -2.48. The number of likely N-dealkylation sites (tertiary alicyclic amines) is 1. The number of aryl methyl sites for hydroxylation is 1. The molecule has 0 radical (unpaired) electrons. The van der Waals surface area contributed by atoms with Gasteiger partial charge in [-0.2, -0.15) is 0 Å². The number of hydrogen-bond donors (Lipinski definition) is 1. The highest BCUT2D eigenvalue weighted by atomic mass is 16.2. The van der Waals surface area contributed by atoms with E-state index in [0.717, 1.165) is 38.6 Å². The summed E-state index contributed by atoms with van der Waals surface area (Å²) in [6.45, 7) is 3.54. The van der Waals surface area contributed by atoms with Crippen LogP contribution in [0.5, 0.6) is 0 Å². The van der Waals surface area contributed by atoms with E-state index in [9.17, 15) is 9.59 Å². The Bertz CT molecular complexity index is 455. The predicted molar refractivity (Wildman–Crippen MR) is 83.0 cm³/mol. The third kappa shape index (κ3) is 4.67. The van der Waals surface area contributed by atoms with Gasteiger partial charge in [0.1, 0.15) is 6.29 Å². The summed E-state index contributed by atoms with van der Waals surface area (Å²) in [6, 6.07) is 9.52. The Morgan fingerprint density at radius 2 is 1.95 bits per heavy atom. The summed E-state index contributed by atoms with van der Waals surface area (Å²) in [5.74, 6) is 0.110. The van der Waals surface area contributed by atoms with E-state index >= 15 is 0 Å². The van der Waals surface area contributed by atoms with Gasteiger partial charge in [-0.3, -0.25) is 10.1 Å². The summed E-state index contributed by atoms with van der Waals surface area (Å²) in [7, 11) is 0. The van der Waals surface area contributed by atoms with E-state index in [-0.39, 0.29) is 18.0 Å². The van der Waals surface area contributed by atoms with E-state index in [1.807, 2.05) is 30.0 Å². The molecule has 0 bridgehead atoms. The monoisotopic (exact) mass is 288 g/mol. The number of carbonyl (C=O) groups excluding carboxylic acids is 2. The molecule has 1 aromatic carbocycles. The first kappa shape index (κ1) is 15.7. The van der Waals surface area contributed by atoms with Crippen molar-refractivity contribution >= 4 is 12.2 Å². The van der Waals surface area contributed by atoms with Gasteiger partial charge in [-0.05, 0) is 38.2 Å². The van der Waals surface area contributed by atoms with Crippen molar-refractivity contribution in [2.75, 3.05) is 13.1 Å². The average Bonchev–Trinajstić information content (AvgIpc) is 3.05. The van der Waals surface area contributed by atoms with Crippen LogP contribution >= 0.6 is 0 Å². The van der Waals surface area contributed by atoms with Crippen molar-refractivity contribution in [1.29, 1.82) is 0 Å². The summed E-state index contributed by atoms with van der Waals surface area (Å²) in [6.07, 6.45) is 4.64. The zero-order chi connectivity index (χ0) is 15.1. The summed E-state index contributed by atoms with van der Waals surface area (Å²) >= 11 is 0. The SMILES string of the molecule is C[C@H](N[C@H](C=O)CCc1ccccc1)C(=O)N1CCCC1. The predicted octanol–water partition coefficient (Wildman–Crippen LogP) is 1.79. The Labute approximate surface area is 126 Å². The maximum Gasteiger partial charge on any atom is 0.239 e. The van der Waals surface area contributed by atoms with Gasteiger partial charge in [0.25, 0.3) is 0 Å². The number of carbonyl (C=O) groups is 2. The largest absolute Gasteiger partial charge is 0.341 e. The molecule has 0 unspecified atom stereocenters. The van der Waals surface area contributed by atoms with Crippen molar-refractivity contribution < 1.29 is 9.59 Å².